The molecular weight excluding hydrogens is 370 g/mol. The Bertz CT molecular complexity index is 573. The van der Waals surface area contributed by atoms with Crippen molar-refractivity contribution < 1.29 is 24.2 Å². The highest BCUT2D eigenvalue weighted by atomic mass is 16.6. The van der Waals surface area contributed by atoms with Gasteiger partial charge in [0.1, 0.15) is 17.2 Å². The molecule has 0 bridgehead atoms. The van der Waals surface area contributed by atoms with E-state index in [2.05, 4.69) is 6.92 Å². The Labute approximate surface area is 176 Å². The maximum Gasteiger partial charge on any atom is 0.411 e. The van der Waals surface area contributed by atoms with E-state index in [1.807, 2.05) is 39.8 Å². The van der Waals surface area contributed by atoms with Crippen LogP contribution in [-0.2, 0) is 14.3 Å². The average molecular weight is 412 g/mol. The number of hydrogen-bond acceptors (Lipinski definition) is 5. The van der Waals surface area contributed by atoms with Gasteiger partial charge in [-0.25, -0.2) is 9.59 Å². The summed E-state index contributed by atoms with van der Waals surface area (Å²) in [5.41, 5.74) is -1.33. The number of allylic oxidation sites excluding steroid dienone is 1. The van der Waals surface area contributed by atoms with Crippen molar-refractivity contribution in [2.45, 2.75) is 117 Å². The number of aliphatic hydroxyl groups is 1. The summed E-state index contributed by atoms with van der Waals surface area (Å²) in [5.74, 6) is -0.468. The van der Waals surface area contributed by atoms with E-state index in [0.29, 0.717) is 19.3 Å². The number of nitrogens with zero attached hydrogens (tertiary/aromatic N) is 1. The van der Waals surface area contributed by atoms with Gasteiger partial charge in [-0.3, -0.25) is 4.90 Å². The molecule has 0 aromatic rings. The Hall–Kier alpha value is -1.56. The second-order valence-corrected chi connectivity index (χ2v) is 9.96. The van der Waals surface area contributed by atoms with Gasteiger partial charge in [0.2, 0.25) is 0 Å². The van der Waals surface area contributed by atoms with Gasteiger partial charge in [-0.05, 0) is 67.7 Å². The van der Waals surface area contributed by atoms with Crippen LogP contribution in [0.3, 0.4) is 0 Å². The van der Waals surface area contributed by atoms with E-state index in [0.717, 1.165) is 12.8 Å². The fraction of sp³-hybridized carbons (Fsp3) is 0.826. The number of aliphatic hydroxyl groups excluding tert-OH is 1. The van der Waals surface area contributed by atoms with E-state index in [4.69, 9.17) is 9.47 Å². The molecule has 0 aromatic heterocycles. The molecule has 29 heavy (non-hydrogen) atoms. The van der Waals surface area contributed by atoms with Crippen LogP contribution in [0.1, 0.15) is 87.5 Å². The average Bonchev–Trinajstić information content (AvgIpc) is 2.89. The Morgan fingerprint density at radius 2 is 1.72 bits per heavy atom. The van der Waals surface area contributed by atoms with Crippen molar-refractivity contribution >= 4 is 12.1 Å². The van der Waals surface area contributed by atoms with Crippen LogP contribution in [-0.4, -0.2) is 51.5 Å². The van der Waals surface area contributed by atoms with Gasteiger partial charge in [0.05, 0.1) is 6.10 Å². The lowest BCUT2D eigenvalue weighted by Gasteiger charge is -2.34. The molecule has 1 heterocycles. The molecule has 0 spiro atoms. The topological polar surface area (TPSA) is 76.1 Å². The zero-order chi connectivity index (χ0) is 22.4. The van der Waals surface area contributed by atoms with Crippen LogP contribution in [0.2, 0.25) is 0 Å². The summed E-state index contributed by atoms with van der Waals surface area (Å²) in [4.78, 5) is 27.5. The third kappa shape index (κ3) is 8.37. The first-order valence-electron chi connectivity index (χ1n) is 10.8. The first-order chi connectivity index (χ1) is 13.3. The Kier molecular flexibility index (Phi) is 9.19. The van der Waals surface area contributed by atoms with Crippen molar-refractivity contribution in [2.24, 2.45) is 5.92 Å². The number of hydrogen-bond donors (Lipinski definition) is 1. The van der Waals surface area contributed by atoms with Crippen LogP contribution in [0.4, 0.5) is 4.79 Å². The molecule has 1 aliphatic heterocycles. The van der Waals surface area contributed by atoms with E-state index in [1.165, 1.54) is 4.90 Å². The highest BCUT2D eigenvalue weighted by Crippen LogP contribution is 2.37. The molecule has 1 saturated heterocycles. The number of ether oxygens (including phenoxy) is 2. The molecule has 168 valence electrons. The van der Waals surface area contributed by atoms with E-state index in [-0.39, 0.29) is 12.0 Å². The van der Waals surface area contributed by atoms with Crippen LogP contribution in [0.25, 0.3) is 0 Å². The lowest BCUT2D eigenvalue weighted by atomic mass is 9.92. The molecule has 1 unspecified atom stereocenters. The number of rotatable bonds is 7. The van der Waals surface area contributed by atoms with Crippen molar-refractivity contribution in [3.63, 3.8) is 0 Å². The summed E-state index contributed by atoms with van der Waals surface area (Å²) in [6.45, 7) is 14.8. The molecule has 1 aliphatic rings. The predicted molar refractivity (Wildman–Crippen MR) is 115 cm³/mol. The second kappa shape index (κ2) is 10.5. The minimum atomic E-state index is -0.728. The maximum atomic E-state index is 13.1. The molecule has 6 heteroatoms. The van der Waals surface area contributed by atoms with Crippen LogP contribution in [0.5, 0.6) is 0 Å². The van der Waals surface area contributed by atoms with Crippen LogP contribution >= 0.6 is 0 Å². The van der Waals surface area contributed by atoms with Crippen molar-refractivity contribution in [2.75, 3.05) is 0 Å². The molecule has 6 nitrogen and oxygen atoms in total. The number of unbranched alkanes of at least 4 members (excludes halogenated alkanes) is 1. The largest absolute Gasteiger partial charge is 0.458 e. The van der Waals surface area contributed by atoms with Gasteiger partial charge in [-0.1, -0.05) is 31.9 Å². The van der Waals surface area contributed by atoms with E-state index >= 15 is 0 Å². The lowest BCUT2D eigenvalue weighted by molar-refractivity contribution is -0.160. The number of likely N-dealkylation sites (tertiary alicyclic amines) is 1. The summed E-state index contributed by atoms with van der Waals surface area (Å²) in [7, 11) is 0. The van der Waals surface area contributed by atoms with E-state index in [1.54, 1.807) is 20.8 Å². The van der Waals surface area contributed by atoms with E-state index < -0.39 is 35.4 Å². The zero-order valence-corrected chi connectivity index (χ0v) is 19.5. The van der Waals surface area contributed by atoms with Gasteiger partial charge < -0.3 is 14.6 Å². The van der Waals surface area contributed by atoms with Crippen molar-refractivity contribution in [3.8, 4) is 0 Å². The molecule has 0 saturated carbocycles. The van der Waals surface area contributed by atoms with Gasteiger partial charge in [-0.2, -0.15) is 0 Å². The van der Waals surface area contributed by atoms with E-state index in [9.17, 15) is 14.7 Å². The molecule has 0 aromatic carbocycles. The minimum Gasteiger partial charge on any atom is -0.458 e. The van der Waals surface area contributed by atoms with Gasteiger partial charge in [0.15, 0.2) is 0 Å². The van der Waals surface area contributed by atoms with Gasteiger partial charge in [0.25, 0.3) is 0 Å². The molecule has 0 radical (unpaired) electrons. The third-order valence-corrected chi connectivity index (χ3v) is 4.81. The van der Waals surface area contributed by atoms with Gasteiger partial charge in [-0.15, -0.1) is 0 Å². The van der Waals surface area contributed by atoms with Crippen molar-refractivity contribution in [3.05, 3.63) is 12.2 Å². The SMILES string of the molecule is CC=C[C@@H]1C[C@H](C(=O)OC(C)(C)C)N(C(=O)OC(C)(C)C)[C@@H]1CC(O)CCCC. The van der Waals surface area contributed by atoms with Crippen molar-refractivity contribution in [1.29, 1.82) is 0 Å². The monoisotopic (exact) mass is 411 g/mol. The maximum absolute atomic E-state index is 13.1. The smallest absolute Gasteiger partial charge is 0.411 e. The molecule has 1 rings (SSSR count). The normalized spacial score (nSPS) is 24.0. The number of carbonyl (C=O) groups is 2. The lowest BCUT2D eigenvalue weighted by Crippen LogP contribution is -2.50. The fourth-order valence-electron chi connectivity index (χ4n) is 3.70. The molecule has 0 aliphatic carbocycles. The minimum absolute atomic E-state index is 0.0405. The molecule has 4 atom stereocenters. The second-order valence-electron chi connectivity index (χ2n) is 9.96. The first-order valence-corrected chi connectivity index (χ1v) is 10.8. The summed E-state index contributed by atoms with van der Waals surface area (Å²) in [6, 6.07) is -1.04. The number of esters is 1. The molecule has 1 N–H and O–H groups in total. The van der Waals surface area contributed by atoms with Gasteiger partial charge >= 0.3 is 12.1 Å². The fourth-order valence-corrected chi connectivity index (χ4v) is 3.70. The Morgan fingerprint density at radius 1 is 1.14 bits per heavy atom. The molecule has 1 fully saturated rings. The Balaban J connectivity index is 3.21. The summed E-state index contributed by atoms with van der Waals surface area (Å²) in [6.07, 6.45) is 6.34. The first kappa shape index (κ1) is 25.5. The third-order valence-electron chi connectivity index (χ3n) is 4.81. The zero-order valence-electron chi connectivity index (χ0n) is 19.5. The standard InChI is InChI=1S/C23H41NO5/c1-9-11-13-17(25)15-18-16(12-10-2)14-19(20(26)28-22(3,4)5)24(18)21(27)29-23(6,7)8/h10,12,16-19,25H,9,11,13-15H2,1-8H3/t16-,17?,18-,19-/m1/s1. The van der Waals surface area contributed by atoms with Crippen molar-refractivity contribution in [1.82, 2.24) is 4.90 Å². The summed E-state index contributed by atoms with van der Waals surface area (Å²) >= 11 is 0. The van der Waals surface area contributed by atoms with Crippen LogP contribution in [0, 0.1) is 5.92 Å². The summed E-state index contributed by atoms with van der Waals surface area (Å²) in [5, 5.41) is 10.6. The van der Waals surface area contributed by atoms with Crippen LogP contribution in [0.15, 0.2) is 12.2 Å². The molecule has 1 amide bonds. The molecular formula is C23H41NO5. The Morgan fingerprint density at radius 3 is 2.21 bits per heavy atom. The number of carbonyl (C=O) groups excluding carboxylic acids is 2. The van der Waals surface area contributed by atoms with Gasteiger partial charge in [0, 0.05) is 12.0 Å². The predicted octanol–water partition coefficient (Wildman–Crippen LogP) is 4.84. The summed E-state index contributed by atoms with van der Waals surface area (Å²) < 4.78 is 11.2. The highest BCUT2D eigenvalue weighted by Gasteiger charge is 2.49. The quantitative estimate of drug-likeness (QED) is 0.479. The number of amides is 1. The highest BCUT2D eigenvalue weighted by molar-refractivity contribution is 5.83. The van der Waals surface area contributed by atoms with Crippen LogP contribution < -0.4 is 0 Å².